The first-order valence-corrected chi connectivity index (χ1v) is 15.1. The highest BCUT2D eigenvalue weighted by Gasteiger charge is 2.30. The molecule has 4 heteroatoms. The summed E-state index contributed by atoms with van der Waals surface area (Å²) < 4.78 is 0. The van der Waals surface area contributed by atoms with Crippen LogP contribution in [-0.4, -0.2) is 40.3 Å². The van der Waals surface area contributed by atoms with Crippen LogP contribution in [0.25, 0.3) is 22.2 Å². The third-order valence-electron chi connectivity index (χ3n) is 8.60. The number of hydrogen-bond acceptors (Lipinski definition) is 3. The highest BCUT2D eigenvalue weighted by molar-refractivity contribution is 5.86. The normalized spacial score (nSPS) is 14.8. The van der Waals surface area contributed by atoms with Gasteiger partial charge in [-0.15, -0.1) is 0 Å². The highest BCUT2D eigenvalue weighted by Crippen LogP contribution is 2.38. The van der Waals surface area contributed by atoms with Gasteiger partial charge in [0.05, 0.1) is 23.8 Å². The van der Waals surface area contributed by atoms with Crippen molar-refractivity contribution in [1.29, 1.82) is 0 Å². The second-order valence-electron chi connectivity index (χ2n) is 11.7. The van der Waals surface area contributed by atoms with E-state index in [2.05, 4.69) is 127 Å². The smallest absolute Gasteiger partial charge is 0.236 e. The van der Waals surface area contributed by atoms with Gasteiger partial charge in [0.1, 0.15) is 0 Å². The molecule has 1 aliphatic heterocycles. The summed E-state index contributed by atoms with van der Waals surface area (Å²) in [6.45, 7) is 7.06. The number of likely N-dealkylation sites (tertiary alicyclic amines) is 1. The van der Waals surface area contributed by atoms with Gasteiger partial charge >= 0.3 is 0 Å². The second-order valence-corrected chi connectivity index (χ2v) is 11.7. The summed E-state index contributed by atoms with van der Waals surface area (Å²) in [5, 5.41) is 1.11. The largest absolute Gasteiger partial charge is 0.342 e. The fraction of sp³-hybridized carbons (Fsp3) is 0.263. The Morgan fingerprint density at radius 1 is 0.857 bits per heavy atom. The van der Waals surface area contributed by atoms with Gasteiger partial charge in [0.15, 0.2) is 0 Å². The number of aromatic nitrogens is 1. The molecule has 4 aromatic carbocycles. The monoisotopic (exact) mass is 553 g/mol. The Labute approximate surface area is 249 Å². The summed E-state index contributed by atoms with van der Waals surface area (Å²) in [7, 11) is 0. The maximum absolute atomic E-state index is 14.0. The van der Waals surface area contributed by atoms with Crippen LogP contribution in [0.3, 0.4) is 0 Å². The molecule has 1 fully saturated rings. The lowest BCUT2D eigenvalue weighted by Gasteiger charge is -2.36. The molecule has 0 aliphatic carbocycles. The summed E-state index contributed by atoms with van der Waals surface area (Å²) >= 11 is 0. The zero-order valence-electron chi connectivity index (χ0n) is 24.6. The molecule has 0 bridgehead atoms. The van der Waals surface area contributed by atoms with E-state index in [0.29, 0.717) is 19.0 Å². The number of benzene rings is 4. The molecule has 1 saturated heterocycles. The Morgan fingerprint density at radius 2 is 1.50 bits per heavy atom. The van der Waals surface area contributed by atoms with Crippen molar-refractivity contribution in [2.24, 2.45) is 5.92 Å². The lowest BCUT2D eigenvalue weighted by Crippen LogP contribution is -2.45. The minimum Gasteiger partial charge on any atom is -0.342 e. The maximum atomic E-state index is 14.0. The Bertz CT molecular complexity index is 1630. The first-order valence-electron chi connectivity index (χ1n) is 15.1. The summed E-state index contributed by atoms with van der Waals surface area (Å²) in [5.74, 6) is 0.872. The number of hydrogen-bond donors (Lipinski definition) is 0. The molecule has 212 valence electrons. The standard InChI is InChI=1S/C38H39N3O/c1-28-21-23-40(24-22-28)35(42)27-41(26-30-14-6-3-7-15-30)38(32-18-10-5-11-19-32)34-25-33-20-12-13-29(2)36(33)39-37(34)31-16-8-4-9-17-31/h3-20,25,28,38H,21-24,26-27H2,1-2H3. The van der Waals surface area contributed by atoms with Crippen molar-refractivity contribution in [3.63, 3.8) is 0 Å². The number of fused-ring (bicyclic) bond motifs is 1. The maximum Gasteiger partial charge on any atom is 0.236 e. The van der Waals surface area contributed by atoms with E-state index < -0.39 is 0 Å². The van der Waals surface area contributed by atoms with Gasteiger partial charge in [0, 0.05) is 36.1 Å². The van der Waals surface area contributed by atoms with Crippen LogP contribution < -0.4 is 0 Å². The van der Waals surface area contributed by atoms with E-state index >= 15 is 0 Å². The van der Waals surface area contributed by atoms with Crippen molar-refractivity contribution in [1.82, 2.24) is 14.8 Å². The molecule has 5 aromatic rings. The molecule has 6 rings (SSSR count). The van der Waals surface area contributed by atoms with Crippen molar-refractivity contribution in [3.05, 3.63) is 138 Å². The summed E-state index contributed by atoms with van der Waals surface area (Å²) in [6.07, 6.45) is 2.14. The molecule has 1 aliphatic rings. The molecule has 42 heavy (non-hydrogen) atoms. The Hall–Kier alpha value is -4.28. The van der Waals surface area contributed by atoms with Crippen LogP contribution in [0.4, 0.5) is 0 Å². The zero-order chi connectivity index (χ0) is 28.9. The molecule has 1 amide bonds. The zero-order valence-corrected chi connectivity index (χ0v) is 24.6. The van der Waals surface area contributed by atoms with Crippen molar-refractivity contribution in [2.75, 3.05) is 19.6 Å². The van der Waals surface area contributed by atoms with Crippen LogP contribution in [-0.2, 0) is 11.3 Å². The summed E-state index contributed by atoms with van der Waals surface area (Å²) in [4.78, 5) is 23.7. The van der Waals surface area contributed by atoms with Crippen LogP contribution in [0.2, 0.25) is 0 Å². The Kier molecular flexibility index (Phi) is 8.43. The number of carbonyl (C=O) groups is 1. The lowest BCUT2D eigenvalue weighted by atomic mass is 9.91. The molecule has 0 radical (unpaired) electrons. The van der Waals surface area contributed by atoms with Gasteiger partial charge in [0.2, 0.25) is 5.91 Å². The highest BCUT2D eigenvalue weighted by atomic mass is 16.2. The summed E-state index contributed by atoms with van der Waals surface area (Å²) in [5.41, 5.74) is 7.66. The van der Waals surface area contributed by atoms with Gasteiger partial charge in [0.25, 0.3) is 0 Å². The van der Waals surface area contributed by atoms with E-state index in [1.807, 2.05) is 12.1 Å². The quantitative estimate of drug-likeness (QED) is 0.195. The van der Waals surface area contributed by atoms with E-state index in [9.17, 15) is 4.79 Å². The van der Waals surface area contributed by atoms with Crippen molar-refractivity contribution < 1.29 is 4.79 Å². The Balaban J connectivity index is 1.52. The Morgan fingerprint density at radius 3 is 2.19 bits per heavy atom. The molecule has 1 aromatic heterocycles. The summed E-state index contributed by atoms with van der Waals surface area (Å²) in [6, 6.07) is 40.1. The van der Waals surface area contributed by atoms with Gasteiger partial charge in [-0.05, 0) is 48.4 Å². The van der Waals surface area contributed by atoms with E-state index in [4.69, 9.17) is 4.98 Å². The number of pyridine rings is 1. The molecular weight excluding hydrogens is 514 g/mol. The number of nitrogens with zero attached hydrogens (tertiary/aromatic N) is 3. The van der Waals surface area contributed by atoms with Crippen molar-refractivity contribution >= 4 is 16.8 Å². The number of para-hydroxylation sites is 1. The van der Waals surface area contributed by atoms with Crippen LogP contribution >= 0.6 is 0 Å². The van der Waals surface area contributed by atoms with Crippen LogP contribution in [0.1, 0.15) is 48.1 Å². The molecule has 1 atom stereocenters. The van der Waals surface area contributed by atoms with Crippen LogP contribution in [0, 0.1) is 12.8 Å². The topological polar surface area (TPSA) is 36.4 Å². The van der Waals surface area contributed by atoms with Crippen LogP contribution in [0.5, 0.6) is 0 Å². The number of piperidine rings is 1. The van der Waals surface area contributed by atoms with Gasteiger partial charge in [-0.25, -0.2) is 4.98 Å². The number of rotatable bonds is 8. The van der Waals surface area contributed by atoms with Crippen molar-refractivity contribution in [3.8, 4) is 11.3 Å². The molecule has 0 spiro atoms. The first kappa shape index (κ1) is 27.9. The number of amides is 1. The average molecular weight is 554 g/mol. The van der Waals surface area contributed by atoms with Gasteiger partial charge in [-0.2, -0.15) is 0 Å². The minimum atomic E-state index is -0.174. The van der Waals surface area contributed by atoms with E-state index in [-0.39, 0.29) is 11.9 Å². The molecular formula is C38H39N3O. The number of aryl methyl sites for hydroxylation is 1. The fourth-order valence-corrected chi connectivity index (χ4v) is 6.21. The van der Waals surface area contributed by atoms with E-state index in [1.54, 1.807) is 0 Å². The number of carbonyl (C=O) groups excluding carboxylic acids is 1. The SMILES string of the molecule is Cc1cccc2cc(C(c3ccccc3)N(CC(=O)N3CCC(C)CC3)Cc3ccccc3)c(-c3ccccc3)nc12. The van der Waals surface area contributed by atoms with Gasteiger partial charge in [-0.3, -0.25) is 9.69 Å². The molecule has 1 unspecified atom stereocenters. The minimum absolute atomic E-state index is 0.174. The van der Waals surface area contributed by atoms with Crippen molar-refractivity contribution in [2.45, 2.75) is 39.3 Å². The fourth-order valence-electron chi connectivity index (χ4n) is 6.21. The van der Waals surface area contributed by atoms with Gasteiger partial charge < -0.3 is 4.90 Å². The average Bonchev–Trinajstić information content (AvgIpc) is 3.03. The third-order valence-corrected chi connectivity index (χ3v) is 8.60. The predicted octanol–water partition coefficient (Wildman–Crippen LogP) is 8.06. The molecule has 4 nitrogen and oxygen atoms in total. The molecule has 0 saturated carbocycles. The second kappa shape index (κ2) is 12.7. The van der Waals surface area contributed by atoms with E-state index in [0.717, 1.165) is 64.8 Å². The third kappa shape index (κ3) is 6.14. The first-order chi connectivity index (χ1) is 20.6. The van der Waals surface area contributed by atoms with E-state index in [1.165, 1.54) is 5.56 Å². The van der Waals surface area contributed by atoms with Gasteiger partial charge in [-0.1, -0.05) is 116 Å². The molecule has 0 N–H and O–H groups in total. The predicted molar refractivity (Wildman–Crippen MR) is 172 cm³/mol. The lowest BCUT2D eigenvalue weighted by molar-refractivity contribution is -0.134. The van der Waals surface area contributed by atoms with Crippen LogP contribution in [0.15, 0.2) is 115 Å². The molecule has 2 heterocycles.